The molecule has 1 atom stereocenters. The Labute approximate surface area is 165 Å². The van der Waals surface area contributed by atoms with Gasteiger partial charge in [0.25, 0.3) is 5.91 Å². The molecule has 0 aromatic heterocycles. The lowest BCUT2D eigenvalue weighted by Crippen LogP contribution is -2.37. The highest BCUT2D eigenvalue weighted by Crippen LogP contribution is 2.31. The third-order valence-electron chi connectivity index (χ3n) is 4.94. The predicted octanol–water partition coefficient (Wildman–Crippen LogP) is 3.92. The minimum atomic E-state index is -0.178. The largest absolute Gasteiger partial charge is 0.496 e. The number of benzene rings is 2. The average Bonchev–Trinajstić information content (AvgIpc) is 3.22. The topological polar surface area (TPSA) is 50.8 Å². The molecule has 0 bridgehead atoms. The summed E-state index contributed by atoms with van der Waals surface area (Å²) in [5, 5.41) is 3.60. The molecule has 2 aromatic carbocycles. The Hall–Kier alpha value is -2.24. The first-order chi connectivity index (χ1) is 13.1. The molecule has 1 unspecified atom stereocenters. The van der Waals surface area contributed by atoms with Gasteiger partial charge in [0.2, 0.25) is 0 Å². The molecule has 1 heterocycles. The molecule has 1 aliphatic heterocycles. The zero-order chi connectivity index (χ0) is 19.2. The van der Waals surface area contributed by atoms with Crippen LogP contribution in [0.15, 0.2) is 42.5 Å². The van der Waals surface area contributed by atoms with E-state index >= 15 is 0 Å². The summed E-state index contributed by atoms with van der Waals surface area (Å²) in [6.45, 7) is 2.52. The van der Waals surface area contributed by atoms with Crippen molar-refractivity contribution in [2.75, 3.05) is 33.9 Å². The van der Waals surface area contributed by atoms with Crippen molar-refractivity contribution in [3.63, 3.8) is 0 Å². The van der Waals surface area contributed by atoms with Gasteiger partial charge >= 0.3 is 0 Å². The van der Waals surface area contributed by atoms with E-state index in [0.29, 0.717) is 22.9 Å². The van der Waals surface area contributed by atoms with Gasteiger partial charge in [-0.05, 0) is 50.2 Å². The standard InChI is InChI=1S/C21H25ClN2O3/c1-26-19-8-4-3-7-16(19)18(24-11-5-6-12-24)14-23-21(25)17-10-9-15(22)13-20(17)27-2/h3-4,7-10,13,18H,5-6,11-12,14H2,1-2H3,(H,23,25). The molecule has 1 amide bonds. The molecule has 0 spiro atoms. The summed E-state index contributed by atoms with van der Waals surface area (Å²) in [5.74, 6) is 1.13. The lowest BCUT2D eigenvalue weighted by Gasteiger charge is -2.29. The van der Waals surface area contributed by atoms with Crippen LogP contribution in [0.2, 0.25) is 5.02 Å². The second kappa shape index (κ2) is 9.11. The summed E-state index contributed by atoms with van der Waals surface area (Å²) in [5.41, 5.74) is 1.56. The van der Waals surface area contributed by atoms with Crippen molar-refractivity contribution in [3.8, 4) is 11.5 Å². The number of hydrogen-bond donors (Lipinski definition) is 1. The molecule has 27 heavy (non-hydrogen) atoms. The molecule has 1 fully saturated rings. The fraction of sp³-hybridized carbons (Fsp3) is 0.381. The van der Waals surface area contributed by atoms with Gasteiger partial charge in [-0.15, -0.1) is 0 Å². The third-order valence-corrected chi connectivity index (χ3v) is 5.18. The molecule has 1 aliphatic rings. The van der Waals surface area contributed by atoms with Crippen molar-refractivity contribution in [1.82, 2.24) is 10.2 Å². The maximum atomic E-state index is 12.8. The van der Waals surface area contributed by atoms with Crippen LogP contribution in [0.3, 0.4) is 0 Å². The van der Waals surface area contributed by atoms with Gasteiger partial charge in [-0.1, -0.05) is 29.8 Å². The predicted molar refractivity (Wildman–Crippen MR) is 107 cm³/mol. The smallest absolute Gasteiger partial charge is 0.255 e. The van der Waals surface area contributed by atoms with E-state index in [1.165, 1.54) is 20.0 Å². The number of para-hydroxylation sites is 1. The third kappa shape index (κ3) is 4.54. The van der Waals surface area contributed by atoms with E-state index in [1.807, 2.05) is 18.2 Å². The number of amides is 1. The van der Waals surface area contributed by atoms with Crippen LogP contribution >= 0.6 is 11.6 Å². The van der Waals surface area contributed by atoms with Crippen molar-refractivity contribution in [1.29, 1.82) is 0 Å². The maximum absolute atomic E-state index is 12.8. The van der Waals surface area contributed by atoms with Crippen molar-refractivity contribution in [2.24, 2.45) is 0 Å². The van der Waals surface area contributed by atoms with Gasteiger partial charge in [-0.3, -0.25) is 9.69 Å². The lowest BCUT2D eigenvalue weighted by molar-refractivity contribution is 0.0934. The van der Waals surface area contributed by atoms with Gasteiger partial charge in [-0.2, -0.15) is 0 Å². The fourth-order valence-corrected chi connectivity index (χ4v) is 3.73. The Balaban J connectivity index is 1.80. The molecule has 0 aliphatic carbocycles. The zero-order valence-electron chi connectivity index (χ0n) is 15.7. The molecular formula is C21H25ClN2O3. The fourth-order valence-electron chi connectivity index (χ4n) is 3.57. The Bertz CT molecular complexity index is 791. The second-order valence-corrected chi connectivity index (χ2v) is 6.99. The summed E-state index contributed by atoms with van der Waals surface area (Å²) in [6, 6.07) is 13.1. The number of nitrogens with zero attached hydrogens (tertiary/aromatic N) is 1. The number of ether oxygens (including phenoxy) is 2. The van der Waals surface area contributed by atoms with Crippen molar-refractivity contribution in [3.05, 3.63) is 58.6 Å². The highest BCUT2D eigenvalue weighted by molar-refractivity contribution is 6.30. The second-order valence-electron chi connectivity index (χ2n) is 6.56. The van der Waals surface area contributed by atoms with Gasteiger partial charge in [0, 0.05) is 17.1 Å². The maximum Gasteiger partial charge on any atom is 0.255 e. The summed E-state index contributed by atoms with van der Waals surface area (Å²) >= 11 is 6.00. The molecule has 0 saturated carbocycles. The van der Waals surface area contributed by atoms with Gasteiger partial charge in [0.05, 0.1) is 25.8 Å². The molecule has 1 N–H and O–H groups in total. The van der Waals surface area contributed by atoms with Crippen LogP contribution < -0.4 is 14.8 Å². The minimum absolute atomic E-state index is 0.0610. The number of carbonyl (C=O) groups excluding carboxylic acids is 1. The number of likely N-dealkylation sites (tertiary alicyclic amines) is 1. The number of nitrogens with one attached hydrogen (secondary N) is 1. The Morgan fingerprint density at radius 2 is 1.81 bits per heavy atom. The summed E-state index contributed by atoms with van der Waals surface area (Å²) in [6.07, 6.45) is 2.34. The molecule has 2 aromatic rings. The first kappa shape index (κ1) is 19.5. The zero-order valence-corrected chi connectivity index (χ0v) is 16.5. The molecule has 0 radical (unpaired) electrons. The van der Waals surface area contributed by atoms with Crippen LogP contribution in [0.1, 0.15) is 34.8 Å². The number of carbonyl (C=O) groups is 1. The summed E-state index contributed by atoms with van der Waals surface area (Å²) < 4.78 is 10.9. The van der Waals surface area contributed by atoms with Gasteiger partial charge < -0.3 is 14.8 Å². The van der Waals surface area contributed by atoms with Crippen LogP contribution in [0.25, 0.3) is 0 Å². The van der Waals surface area contributed by atoms with Crippen LogP contribution in [0.5, 0.6) is 11.5 Å². The number of methoxy groups -OCH3 is 2. The van der Waals surface area contributed by atoms with Crippen LogP contribution in [-0.2, 0) is 0 Å². The van der Waals surface area contributed by atoms with E-state index < -0.39 is 0 Å². The van der Waals surface area contributed by atoms with E-state index in [9.17, 15) is 4.79 Å². The van der Waals surface area contributed by atoms with Crippen molar-refractivity contribution >= 4 is 17.5 Å². The first-order valence-electron chi connectivity index (χ1n) is 9.12. The van der Waals surface area contributed by atoms with Crippen molar-refractivity contribution < 1.29 is 14.3 Å². The number of halogens is 1. The van der Waals surface area contributed by atoms with Gasteiger partial charge in [0.1, 0.15) is 11.5 Å². The van der Waals surface area contributed by atoms with Crippen LogP contribution in [0, 0.1) is 0 Å². The van der Waals surface area contributed by atoms with E-state index in [-0.39, 0.29) is 11.9 Å². The van der Waals surface area contributed by atoms with E-state index in [2.05, 4.69) is 16.3 Å². The van der Waals surface area contributed by atoms with Crippen molar-refractivity contribution in [2.45, 2.75) is 18.9 Å². The SMILES string of the molecule is COc1cc(Cl)ccc1C(=O)NCC(c1ccccc1OC)N1CCCC1. The van der Waals surface area contributed by atoms with Crippen LogP contribution in [0.4, 0.5) is 0 Å². The Morgan fingerprint density at radius 1 is 1.11 bits per heavy atom. The molecule has 144 valence electrons. The molecule has 5 nitrogen and oxygen atoms in total. The lowest BCUT2D eigenvalue weighted by atomic mass is 10.0. The quantitative estimate of drug-likeness (QED) is 0.780. The molecule has 3 rings (SSSR count). The molecule has 6 heteroatoms. The van der Waals surface area contributed by atoms with Crippen LogP contribution in [-0.4, -0.2) is 44.7 Å². The first-order valence-corrected chi connectivity index (χ1v) is 9.50. The number of rotatable bonds is 7. The van der Waals surface area contributed by atoms with Gasteiger partial charge in [0.15, 0.2) is 0 Å². The highest BCUT2D eigenvalue weighted by atomic mass is 35.5. The summed E-state index contributed by atoms with van der Waals surface area (Å²) in [7, 11) is 3.21. The molecule has 1 saturated heterocycles. The van der Waals surface area contributed by atoms with E-state index in [1.54, 1.807) is 25.3 Å². The minimum Gasteiger partial charge on any atom is -0.496 e. The average molecular weight is 389 g/mol. The molecular weight excluding hydrogens is 364 g/mol. The summed E-state index contributed by atoms with van der Waals surface area (Å²) in [4.78, 5) is 15.2. The van der Waals surface area contributed by atoms with E-state index in [0.717, 1.165) is 24.4 Å². The highest BCUT2D eigenvalue weighted by Gasteiger charge is 2.26. The van der Waals surface area contributed by atoms with Gasteiger partial charge in [-0.25, -0.2) is 0 Å². The normalized spacial score (nSPS) is 15.4. The van der Waals surface area contributed by atoms with E-state index in [4.69, 9.17) is 21.1 Å². The Kier molecular flexibility index (Phi) is 6.58. The Morgan fingerprint density at radius 3 is 2.52 bits per heavy atom. The number of hydrogen-bond acceptors (Lipinski definition) is 4. The monoisotopic (exact) mass is 388 g/mol.